The van der Waals surface area contributed by atoms with Crippen LogP contribution in [0, 0.1) is 37.0 Å². The number of anilines is 5. The molecule has 3 N–H and O–H groups in total. The minimum atomic E-state index is 0.163. The Morgan fingerprint density at radius 3 is 2.00 bits per heavy atom. The zero-order valence-corrected chi connectivity index (χ0v) is 21.2. The molecule has 4 fully saturated rings. The molecule has 186 valence electrons. The number of amides is 1. The van der Waals surface area contributed by atoms with Gasteiger partial charge in [0, 0.05) is 35.2 Å². The number of aromatic nitrogens is 2. The van der Waals surface area contributed by atoms with E-state index >= 15 is 0 Å². The molecule has 1 heterocycles. The number of nitrogens with zero attached hydrogens (tertiary/aromatic N) is 2. The molecule has 0 aliphatic heterocycles. The van der Waals surface area contributed by atoms with Gasteiger partial charge in [0.2, 0.25) is 11.9 Å². The number of hydrogen-bond acceptors (Lipinski definition) is 5. The number of carbonyl (C=O) groups excluding carboxylic acids is 1. The number of carbonyl (C=O) groups is 1. The number of hydrogen-bond donors (Lipinski definition) is 3. The van der Waals surface area contributed by atoms with Gasteiger partial charge in [-0.15, -0.1) is 0 Å². The molecule has 4 bridgehead atoms. The molecule has 0 radical (unpaired) electrons. The fourth-order valence-corrected chi connectivity index (χ4v) is 7.29. The first-order valence-corrected chi connectivity index (χ1v) is 13.3. The van der Waals surface area contributed by atoms with Gasteiger partial charge in [0.15, 0.2) is 0 Å². The van der Waals surface area contributed by atoms with E-state index in [0.29, 0.717) is 12.4 Å². The lowest BCUT2D eigenvalue weighted by molar-refractivity contribution is -0.124. The van der Waals surface area contributed by atoms with Gasteiger partial charge in [0.05, 0.1) is 0 Å². The predicted octanol–water partition coefficient (Wildman–Crippen LogP) is 7.13. The summed E-state index contributed by atoms with van der Waals surface area (Å²) in [5, 5.41) is 9.79. The van der Waals surface area contributed by atoms with Crippen molar-refractivity contribution in [2.75, 3.05) is 16.0 Å². The second kappa shape index (κ2) is 9.23. The van der Waals surface area contributed by atoms with Crippen LogP contribution in [0.5, 0.6) is 0 Å². The Morgan fingerprint density at radius 2 is 1.36 bits per heavy atom. The van der Waals surface area contributed by atoms with Crippen molar-refractivity contribution < 1.29 is 4.79 Å². The summed E-state index contributed by atoms with van der Waals surface area (Å²) in [6.45, 7) is 4.02. The Morgan fingerprint density at radius 1 is 0.806 bits per heavy atom. The van der Waals surface area contributed by atoms with Crippen LogP contribution in [0.15, 0.2) is 54.6 Å². The lowest BCUT2D eigenvalue weighted by Gasteiger charge is -2.56. The fraction of sp³-hybridized carbons (Fsp3) is 0.433. The van der Waals surface area contributed by atoms with Gasteiger partial charge in [-0.2, -0.15) is 4.98 Å². The van der Waals surface area contributed by atoms with E-state index < -0.39 is 0 Å². The van der Waals surface area contributed by atoms with Crippen molar-refractivity contribution in [3.05, 3.63) is 65.9 Å². The van der Waals surface area contributed by atoms with Crippen LogP contribution in [0.2, 0.25) is 0 Å². The molecule has 4 saturated carbocycles. The van der Waals surface area contributed by atoms with E-state index in [9.17, 15) is 4.79 Å². The minimum absolute atomic E-state index is 0.163. The Labute approximate surface area is 213 Å². The molecule has 2 aromatic carbocycles. The second-order valence-electron chi connectivity index (χ2n) is 11.6. The van der Waals surface area contributed by atoms with Crippen molar-refractivity contribution in [3.8, 4) is 0 Å². The Kier molecular flexibility index (Phi) is 5.90. The van der Waals surface area contributed by atoms with E-state index in [2.05, 4.69) is 45.0 Å². The van der Waals surface area contributed by atoms with Crippen LogP contribution >= 0.6 is 0 Å². The van der Waals surface area contributed by atoms with Crippen LogP contribution in [-0.4, -0.2) is 15.9 Å². The van der Waals surface area contributed by atoms with Gasteiger partial charge < -0.3 is 16.0 Å². The third kappa shape index (κ3) is 5.08. The first kappa shape index (κ1) is 23.0. The van der Waals surface area contributed by atoms with Crippen molar-refractivity contribution in [1.82, 2.24) is 9.97 Å². The van der Waals surface area contributed by atoms with E-state index in [1.165, 1.54) is 44.1 Å². The Balaban J connectivity index is 1.07. The molecule has 7 rings (SSSR count). The maximum atomic E-state index is 13.0. The Hall–Kier alpha value is -3.41. The zero-order valence-electron chi connectivity index (χ0n) is 21.2. The van der Waals surface area contributed by atoms with Gasteiger partial charge >= 0.3 is 0 Å². The van der Waals surface area contributed by atoms with E-state index in [-0.39, 0.29) is 11.3 Å². The summed E-state index contributed by atoms with van der Waals surface area (Å²) >= 11 is 0. The molecule has 1 amide bonds. The molecule has 3 aromatic rings. The number of benzene rings is 2. The van der Waals surface area contributed by atoms with Gasteiger partial charge in [-0.05, 0) is 112 Å². The number of rotatable bonds is 7. The van der Waals surface area contributed by atoms with E-state index in [1.54, 1.807) is 0 Å². The van der Waals surface area contributed by atoms with E-state index in [0.717, 1.165) is 46.3 Å². The average Bonchev–Trinajstić information content (AvgIpc) is 2.80. The van der Waals surface area contributed by atoms with Crippen LogP contribution < -0.4 is 16.0 Å². The first-order valence-electron chi connectivity index (χ1n) is 13.3. The molecule has 0 atom stereocenters. The predicted molar refractivity (Wildman–Crippen MR) is 145 cm³/mol. The van der Waals surface area contributed by atoms with Crippen molar-refractivity contribution in [3.63, 3.8) is 0 Å². The molecule has 4 aliphatic carbocycles. The molecule has 0 unspecified atom stereocenters. The van der Waals surface area contributed by atoms with E-state index in [1.807, 2.05) is 49.4 Å². The quantitative estimate of drug-likeness (QED) is 0.335. The summed E-state index contributed by atoms with van der Waals surface area (Å²) in [5.74, 6) is 4.04. The van der Waals surface area contributed by atoms with Gasteiger partial charge in [-0.25, -0.2) is 4.98 Å². The number of aryl methyl sites for hydroxylation is 2. The maximum Gasteiger partial charge on any atom is 0.229 e. The van der Waals surface area contributed by atoms with Crippen molar-refractivity contribution >= 4 is 34.7 Å². The zero-order chi connectivity index (χ0) is 24.7. The summed E-state index contributed by atoms with van der Waals surface area (Å²) in [7, 11) is 0. The van der Waals surface area contributed by atoms with Gasteiger partial charge in [-0.1, -0.05) is 17.7 Å². The summed E-state index contributed by atoms with van der Waals surface area (Å²) in [4.78, 5) is 22.1. The van der Waals surface area contributed by atoms with Crippen LogP contribution in [-0.2, 0) is 4.79 Å². The highest BCUT2D eigenvalue weighted by Crippen LogP contribution is 2.61. The van der Waals surface area contributed by atoms with Crippen LogP contribution in [0.1, 0.15) is 56.2 Å². The molecule has 4 aliphatic rings. The van der Waals surface area contributed by atoms with Crippen molar-refractivity contribution in [1.29, 1.82) is 0 Å². The highest BCUT2D eigenvalue weighted by Gasteiger charge is 2.51. The summed E-state index contributed by atoms with van der Waals surface area (Å²) in [5.41, 5.74) is 5.04. The van der Waals surface area contributed by atoms with Gasteiger partial charge in [0.25, 0.3) is 0 Å². The molecule has 6 nitrogen and oxygen atoms in total. The molecule has 1 aromatic heterocycles. The van der Waals surface area contributed by atoms with Gasteiger partial charge in [-0.3, -0.25) is 4.79 Å². The highest BCUT2D eigenvalue weighted by molar-refractivity contribution is 5.91. The lowest BCUT2D eigenvalue weighted by atomic mass is 9.49. The third-order valence-electron chi connectivity index (χ3n) is 8.30. The molecule has 36 heavy (non-hydrogen) atoms. The minimum Gasteiger partial charge on any atom is -0.340 e. The lowest BCUT2D eigenvalue weighted by Crippen LogP contribution is -2.47. The van der Waals surface area contributed by atoms with E-state index in [4.69, 9.17) is 0 Å². The molecule has 6 heteroatoms. The topological polar surface area (TPSA) is 78.9 Å². The van der Waals surface area contributed by atoms with Crippen molar-refractivity contribution in [2.45, 2.75) is 58.8 Å². The van der Waals surface area contributed by atoms with Crippen LogP contribution in [0.25, 0.3) is 0 Å². The fourth-order valence-electron chi connectivity index (χ4n) is 7.29. The monoisotopic (exact) mass is 481 g/mol. The summed E-state index contributed by atoms with van der Waals surface area (Å²) < 4.78 is 0. The smallest absolute Gasteiger partial charge is 0.229 e. The average molecular weight is 482 g/mol. The standard InChI is InChI=1S/C30H35N5O/c1-19-3-5-26(6-4-19)34-29-31-20(2)11-27(35-29)32-24-7-9-25(10-8-24)33-28(36)18-30-15-21-12-22(16-30)14-23(13-21)17-30/h3-11,21-23H,12-18H2,1-2H3,(H,33,36)(H2,31,32,34,35). The second-order valence-corrected chi connectivity index (χ2v) is 11.6. The highest BCUT2D eigenvalue weighted by atomic mass is 16.1. The van der Waals surface area contributed by atoms with Gasteiger partial charge in [0.1, 0.15) is 5.82 Å². The first-order chi connectivity index (χ1) is 17.4. The van der Waals surface area contributed by atoms with Crippen LogP contribution in [0.3, 0.4) is 0 Å². The van der Waals surface area contributed by atoms with Crippen LogP contribution in [0.4, 0.5) is 28.8 Å². The third-order valence-corrected chi connectivity index (χ3v) is 8.30. The normalized spacial score (nSPS) is 26.0. The largest absolute Gasteiger partial charge is 0.340 e. The van der Waals surface area contributed by atoms with Crippen molar-refractivity contribution in [2.24, 2.45) is 23.2 Å². The molecule has 0 spiro atoms. The number of nitrogens with one attached hydrogen (secondary N) is 3. The maximum absolute atomic E-state index is 13.0. The summed E-state index contributed by atoms with van der Waals surface area (Å²) in [6.07, 6.45) is 8.67. The summed E-state index contributed by atoms with van der Waals surface area (Å²) in [6, 6.07) is 17.9. The molecule has 0 saturated heterocycles. The SMILES string of the molecule is Cc1ccc(Nc2nc(C)cc(Nc3ccc(NC(=O)CC45CC6CC(CC(C6)C4)C5)cc3)n2)cc1. The molecular weight excluding hydrogens is 446 g/mol. The molecular formula is C30H35N5O. The Bertz CT molecular complexity index is 1220.